The van der Waals surface area contributed by atoms with Crippen LogP contribution in [-0.2, 0) is 0 Å². The normalized spacial score (nSPS) is 15.7. The number of aliphatic hydroxyl groups is 1. The lowest BCUT2D eigenvalue weighted by Crippen LogP contribution is -2.11. The van der Waals surface area contributed by atoms with Crippen LogP contribution in [0.2, 0.25) is 0 Å². The first kappa shape index (κ1) is 12.7. The van der Waals surface area contributed by atoms with Crippen LogP contribution in [0.5, 0.6) is 0 Å². The molecule has 86 valence electrons. The lowest BCUT2D eigenvalue weighted by molar-refractivity contribution is 0.136. The summed E-state index contributed by atoms with van der Waals surface area (Å²) in [5.41, 5.74) is 1.20. The Bertz CT molecular complexity index is 336. The molecule has 0 aliphatic heterocycles. The molecule has 0 heterocycles. The van der Waals surface area contributed by atoms with Gasteiger partial charge in [0.05, 0.1) is 6.10 Å². The Balaban J connectivity index is 2.35. The molecule has 0 saturated heterocycles. The molecule has 0 saturated carbocycles. The molecule has 0 spiro atoms. The van der Waals surface area contributed by atoms with E-state index in [1.807, 2.05) is 37.3 Å². The Labute approximate surface area is 98.1 Å². The van der Waals surface area contributed by atoms with Crippen molar-refractivity contribution in [3.63, 3.8) is 0 Å². The number of aliphatic hydroxyl groups excluding tert-OH is 1. The van der Waals surface area contributed by atoms with E-state index in [0.717, 1.165) is 6.42 Å². The second kappa shape index (κ2) is 7.02. The van der Waals surface area contributed by atoms with Gasteiger partial charge in [-0.3, -0.25) is 0 Å². The van der Waals surface area contributed by atoms with Crippen molar-refractivity contribution in [3.8, 4) is 0 Å². The maximum Gasteiger partial charge on any atom is 0.0540 e. The average molecular weight is 216 g/mol. The van der Waals surface area contributed by atoms with Crippen molar-refractivity contribution < 1.29 is 5.11 Å². The fraction of sp³-hybridized carbons (Fsp3) is 0.333. The smallest absolute Gasteiger partial charge is 0.0540 e. The molecule has 0 fully saturated rings. The molecule has 1 heteroatoms. The van der Waals surface area contributed by atoms with Gasteiger partial charge < -0.3 is 5.11 Å². The Hall–Kier alpha value is -1.34. The van der Waals surface area contributed by atoms with Crippen LogP contribution in [-0.4, -0.2) is 11.2 Å². The van der Waals surface area contributed by atoms with E-state index in [1.165, 1.54) is 5.56 Å². The summed E-state index contributed by atoms with van der Waals surface area (Å²) in [4.78, 5) is 0. The minimum Gasteiger partial charge on any atom is -0.393 e. The fourth-order valence-electron chi connectivity index (χ4n) is 1.30. The molecular weight excluding hydrogens is 196 g/mol. The lowest BCUT2D eigenvalue weighted by Gasteiger charge is -2.10. The van der Waals surface area contributed by atoms with E-state index in [1.54, 1.807) is 0 Å². The van der Waals surface area contributed by atoms with E-state index in [-0.39, 0.29) is 6.10 Å². The van der Waals surface area contributed by atoms with E-state index < -0.39 is 0 Å². The zero-order chi connectivity index (χ0) is 11.8. The van der Waals surface area contributed by atoms with Crippen molar-refractivity contribution >= 4 is 6.08 Å². The zero-order valence-electron chi connectivity index (χ0n) is 10.0. The molecule has 0 aromatic heterocycles. The van der Waals surface area contributed by atoms with Gasteiger partial charge in [-0.2, -0.15) is 0 Å². The van der Waals surface area contributed by atoms with Gasteiger partial charge in [-0.15, -0.1) is 0 Å². The Morgan fingerprint density at radius 2 is 1.81 bits per heavy atom. The van der Waals surface area contributed by atoms with Crippen molar-refractivity contribution in [3.05, 3.63) is 54.1 Å². The number of rotatable bonds is 5. The third kappa shape index (κ3) is 4.94. The van der Waals surface area contributed by atoms with Crippen molar-refractivity contribution in [2.24, 2.45) is 5.92 Å². The highest BCUT2D eigenvalue weighted by Gasteiger charge is 2.04. The molecule has 0 unspecified atom stereocenters. The van der Waals surface area contributed by atoms with Gasteiger partial charge in [-0.05, 0) is 24.8 Å². The molecule has 1 nitrogen and oxygen atoms in total. The molecule has 1 rings (SSSR count). The molecule has 16 heavy (non-hydrogen) atoms. The summed E-state index contributed by atoms with van der Waals surface area (Å²) in [6, 6.07) is 10.2. The highest BCUT2D eigenvalue weighted by Crippen LogP contribution is 2.08. The van der Waals surface area contributed by atoms with Gasteiger partial charge in [0.2, 0.25) is 0 Å². The quantitative estimate of drug-likeness (QED) is 0.745. The Morgan fingerprint density at radius 3 is 2.44 bits per heavy atom. The van der Waals surface area contributed by atoms with E-state index >= 15 is 0 Å². The standard InChI is InChI=1S/C15H20O/c1-13(14(2)16)9-5-3-6-10-15-11-7-4-8-12-15/h3-8,10-14,16H,9H2,1-2H3/b5-3+,10-6+/t13-,14+/m0/s1. The monoisotopic (exact) mass is 216 g/mol. The van der Waals surface area contributed by atoms with Crippen LogP contribution in [0.3, 0.4) is 0 Å². The second-order valence-electron chi connectivity index (χ2n) is 4.15. The maximum absolute atomic E-state index is 9.30. The summed E-state index contributed by atoms with van der Waals surface area (Å²) in [6.07, 6.45) is 8.91. The first-order valence-corrected chi connectivity index (χ1v) is 5.76. The summed E-state index contributed by atoms with van der Waals surface area (Å²) >= 11 is 0. The van der Waals surface area contributed by atoms with Crippen LogP contribution in [0.1, 0.15) is 25.8 Å². The largest absolute Gasteiger partial charge is 0.393 e. The minimum absolute atomic E-state index is 0.234. The zero-order valence-corrected chi connectivity index (χ0v) is 10.0. The third-order valence-corrected chi connectivity index (χ3v) is 2.67. The van der Waals surface area contributed by atoms with E-state index in [9.17, 15) is 5.11 Å². The molecule has 1 aromatic carbocycles. The fourth-order valence-corrected chi connectivity index (χ4v) is 1.30. The number of benzene rings is 1. The summed E-state index contributed by atoms with van der Waals surface area (Å²) in [7, 11) is 0. The van der Waals surface area contributed by atoms with Gasteiger partial charge in [0, 0.05) is 0 Å². The molecule has 1 N–H and O–H groups in total. The first-order valence-electron chi connectivity index (χ1n) is 5.76. The van der Waals surface area contributed by atoms with Crippen LogP contribution < -0.4 is 0 Å². The molecule has 0 bridgehead atoms. The van der Waals surface area contributed by atoms with Gasteiger partial charge in [0.25, 0.3) is 0 Å². The molecule has 2 atom stereocenters. The van der Waals surface area contributed by atoms with E-state index in [0.29, 0.717) is 5.92 Å². The molecule has 0 amide bonds. The van der Waals surface area contributed by atoms with Crippen LogP contribution in [0.25, 0.3) is 6.08 Å². The molecule has 0 aliphatic rings. The Kier molecular flexibility index (Phi) is 5.58. The second-order valence-corrected chi connectivity index (χ2v) is 4.15. The van der Waals surface area contributed by atoms with Gasteiger partial charge in [0.1, 0.15) is 0 Å². The summed E-state index contributed by atoms with van der Waals surface area (Å²) < 4.78 is 0. The average Bonchev–Trinajstić information content (AvgIpc) is 2.29. The van der Waals surface area contributed by atoms with E-state index in [4.69, 9.17) is 0 Å². The molecule has 0 radical (unpaired) electrons. The summed E-state index contributed by atoms with van der Waals surface area (Å²) in [5.74, 6) is 0.321. The Morgan fingerprint density at radius 1 is 1.12 bits per heavy atom. The molecular formula is C15H20O. The van der Waals surface area contributed by atoms with Crippen LogP contribution in [0.4, 0.5) is 0 Å². The minimum atomic E-state index is -0.234. The van der Waals surface area contributed by atoms with Gasteiger partial charge in [-0.1, -0.05) is 61.6 Å². The summed E-state index contributed by atoms with van der Waals surface area (Å²) in [5, 5.41) is 9.30. The highest BCUT2D eigenvalue weighted by molar-refractivity contribution is 5.50. The SMILES string of the molecule is C[C@@H](O)[C@@H](C)C/C=C/C=C/c1ccccc1. The van der Waals surface area contributed by atoms with Crippen molar-refractivity contribution in [1.82, 2.24) is 0 Å². The van der Waals surface area contributed by atoms with Gasteiger partial charge in [-0.25, -0.2) is 0 Å². The van der Waals surface area contributed by atoms with Crippen molar-refractivity contribution in [2.45, 2.75) is 26.4 Å². The number of hydrogen-bond acceptors (Lipinski definition) is 1. The predicted octanol–water partition coefficient (Wildman–Crippen LogP) is 3.66. The predicted molar refractivity (Wildman–Crippen MR) is 70.1 cm³/mol. The topological polar surface area (TPSA) is 20.2 Å². The van der Waals surface area contributed by atoms with Crippen molar-refractivity contribution in [1.29, 1.82) is 0 Å². The van der Waals surface area contributed by atoms with Gasteiger partial charge in [0.15, 0.2) is 0 Å². The van der Waals surface area contributed by atoms with Crippen LogP contribution >= 0.6 is 0 Å². The molecule has 0 aliphatic carbocycles. The number of hydrogen-bond donors (Lipinski definition) is 1. The van der Waals surface area contributed by atoms with E-state index in [2.05, 4.69) is 31.2 Å². The van der Waals surface area contributed by atoms with Crippen molar-refractivity contribution in [2.75, 3.05) is 0 Å². The lowest BCUT2D eigenvalue weighted by atomic mass is 10.0. The third-order valence-electron chi connectivity index (χ3n) is 2.67. The van der Waals surface area contributed by atoms with Crippen LogP contribution in [0.15, 0.2) is 48.6 Å². The summed E-state index contributed by atoms with van der Waals surface area (Å²) in [6.45, 7) is 3.88. The van der Waals surface area contributed by atoms with Gasteiger partial charge >= 0.3 is 0 Å². The number of allylic oxidation sites excluding steroid dienone is 3. The maximum atomic E-state index is 9.30. The highest BCUT2D eigenvalue weighted by atomic mass is 16.3. The molecule has 1 aromatic rings. The van der Waals surface area contributed by atoms with Crippen LogP contribution in [0, 0.1) is 5.92 Å². The first-order chi connectivity index (χ1) is 7.70.